The fourth-order valence-corrected chi connectivity index (χ4v) is 3.20. The van der Waals surface area contributed by atoms with Gasteiger partial charge in [0.15, 0.2) is 5.56 Å². The summed E-state index contributed by atoms with van der Waals surface area (Å²) in [6.45, 7) is 0. The second-order valence-corrected chi connectivity index (χ2v) is 7.14. The molecule has 2 aromatic rings. The minimum Gasteiger partial charge on any atom is -0.403 e. The van der Waals surface area contributed by atoms with Gasteiger partial charge in [0.1, 0.15) is 0 Å². The van der Waals surface area contributed by atoms with E-state index in [2.05, 4.69) is 4.98 Å². The van der Waals surface area contributed by atoms with Gasteiger partial charge in [-0.15, -0.1) is 0 Å². The summed E-state index contributed by atoms with van der Waals surface area (Å²) in [5.74, 6) is 0.398. The van der Waals surface area contributed by atoms with E-state index >= 15 is 0 Å². The SMILES string of the molecule is Cn1c(=O)c2c(-c3ccc(Cl)cc3)nc(-c3ccc(Cl)cc3)oc-2[n+](C)c1=O. The number of fused-ring (bicyclic) bond motifs is 1. The van der Waals surface area contributed by atoms with Crippen LogP contribution in [-0.4, -0.2) is 9.55 Å². The number of halogens is 2. The van der Waals surface area contributed by atoms with Crippen LogP contribution in [0.5, 0.6) is 0 Å². The van der Waals surface area contributed by atoms with Crippen molar-refractivity contribution >= 4 is 23.2 Å². The monoisotopic (exact) mass is 414 g/mol. The summed E-state index contributed by atoms with van der Waals surface area (Å²) in [5, 5.41) is 1.13. The number of hydrogen-bond acceptors (Lipinski definition) is 4. The van der Waals surface area contributed by atoms with E-state index in [9.17, 15) is 9.59 Å². The van der Waals surface area contributed by atoms with Gasteiger partial charge in [-0.2, -0.15) is 13.9 Å². The first-order chi connectivity index (χ1) is 13.4. The zero-order chi connectivity index (χ0) is 20.0. The van der Waals surface area contributed by atoms with Gasteiger partial charge < -0.3 is 4.42 Å². The summed E-state index contributed by atoms with van der Waals surface area (Å²) in [5.41, 5.74) is 0.980. The smallest absolute Gasteiger partial charge is 0.403 e. The van der Waals surface area contributed by atoms with Gasteiger partial charge in [0, 0.05) is 21.2 Å². The maximum atomic E-state index is 12.9. The van der Waals surface area contributed by atoms with Crippen molar-refractivity contribution in [3.05, 3.63) is 79.4 Å². The molecular formula is C20H14Cl2N3O3+. The van der Waals surface area contributed by atoms with Crippen LogP contribution in [0.1, 0.15) is 0 Å². The molecule has 4 rings (SSSR count). The first-order valence-corrected chi connectivity index (χ1v) is 9.08. The van der Waals surface area contributed by atoms with Crippen molar-refractivity contribution in [2.75, 3.05) is 0 Å². The third-order valence-electron chi connectivity index (χ3n) is 4.46. The van der Waals surface area contributed by atoms with Crippen molar-refractivity contribution in [1.82, 2.24) is 9.55 Å². The molecule has 0 saturated carbocycles. The number of nitrogens with zero attached hydrogens (tertiary/aromatic N) is 3. The normalized spacial score (nSPS) is 11.1. The van der Waals surface area contributed by atoms with Crippen molar-refractivity contribution in [2.24, 2.45) is 14.1 Å². The molecule has 28 heavy (non-hydrogen) atoms. The highest BCUT2D eigenvalue weighted by molar-refractivity contribution is 6.30. The molecule has 2 aliphatic rings. The Balaban J connectivity index is 2.13. The summed E-state index contributed by atoms with van der Waals surface area (Å²) in [6.07, 6.45) is 0. The van der Waals surface area contributed by atoms with Crippen LogP contribution < -0.4 is 15.8 Å². The maximum Gasteiger partial charge on any atom is 0.503 e. The van der Waals surface area contributed by atoms with Gasteiger partial charge in [-0.1, -0.05) is 35.3 Å². The van der Waals surface area contributed by atoms with Crippen LogP contribution in [0.3, 0.4) is 0 Å². The minimum atomic E-state index is -0.489. The zero-order valence-corrected chi connectivity index (χ0v) is 16.5. The maximum absolute atomic E-state index is 12.9. The predicted octanol–water partition coefficient (Wildman–Crippen LogP) is 3.30. The molecule has 0 bridgehead atoms. The lowest BCUT2D eigenvalue weighted by atomic mass is 10.1. The highest BCUT2D eigenvalue weighted by Crippen LogP contribution is 2.32. The van der Waals surface area contributed by atoms with Crippen molar-refractivity contribution in [3.63, 3.8) is 0 Å². The molecular weight excluding hydrogens is 401 g/mol. The van der Waals surface area contributed by atoms with Crippen LogP contribution in [0, 0.1) is 0 Å². The Kier molecular flexibility index (Phi) is 4.53. The Morgan fingerprint density at radius 2 is 1.46 bits per heavy atom. The molecule has 2 aliphatic heterocycles. The minimum absolute atomic E-state index is 0.137. The van der Waals surface area contributed by atoms with Gasteiger partial charge in [0.25, 0.3) is 0 Å². The molecule has 8 heteroatoms. The molecule has 0 aliphatic carbocycles. The van der Waals surface area contributed by atoms with Crippen LogP contribution in [0.2, 0.25) is 10.0 Å². The van der Waals surface area contributed by atoms with Crippen LogP contribution in [0.4, 0.5) is 0 Å². The standard InChI is InChI=1S/C20H14Cl2N3O3/c1-24-18(26)15-16(11-3-7-13(21)8-4-11)23-17(12-5-9-14(22)10-6-12)28-19(15)25(2)20(24)27/h3-10H,1-2H3/q+1. The second kappa shape index (κ2) is 6.89. The van der Waals surface area contributed by atoms with E-state index in [4.69, 9.17) is 27.6 Å². The molecule has 2 aromatic carbocycles. The molecule has 0 N–H and O–H groups in total. The van der Waals surface area contributed by atoms with Crippen molar-refractivity contribution in [2.45, 2.75) is 0 Å². The Bertz CT molecular complexity index is 1280. The third kappa shape index (κ3) is 3.00. The number of aromatic nitrogens is 3. The van der Waals surface area contributed by atoms with Crippen molar-refractivity contribution < 1.29 is 8.98 Å². The van der Waals surface area contributed by atoms with Crippen molar-refractivity contribution in [1.29, 1.82) is 0 Å². The van der Waals surface area contributed by atoms with Crippen LogP contribution >= 0.6 is 23.2 Å². The Morgan fingerprint density at radius 1 is 0.929 bits per heavy atom. The van der Waals surface area contributed by atoms with E-state index in [0.29, 0.717) is 26.9 Å². The number of benzene rings is 2. The van der Waals surface area contributed by atoms with Crippen molar-refractivity contribution in [3.8, 4) is 34.2 Å². The second-order valence-electron chi connectivity index (χ2n) is 6.27. The fourth-order valence-electron chi connectivity index (χ4n) is 2.95. The molecule has 140 valence electrons. The van der Waals surface area contributed by atoms with E-state index in [1.165, 1.54) is 11.6 Å². The van der Waals surface area contributed by atoms with Gasteiger partial charge in [-0.05, 0) is 36.4 Å². The van der Waals surface area contributed by atoms with Gasteiger partial charge in [-0.25, -0.2) is 9.78 Å². The molecule has 0 fully saturated rings. The van der Waals surface area contributed by atoms with E-state index in [-0.39, 0.29) is 17.3 Å². The average molecular weight is 415 g/mol. The highest BCUT2D eigenvalue weighted by atomic mass is 35.5. The predicted molar refractivity (Wildman–Crippen MR) is 107 cm³/mol. The fraction of sp³-hybridized carbons (Fsp3) is 0.100. The van der Waals surface area contributed by atoms with Gasteiger partial charge in [0.05, 0.1) is 19.8 Å². The Hall–Kier alpha value is -2.96. The first-order valence-electron chi connectivity index (χ1n) is 8.32. The number of hydrogen-bond donors (Lipinski definition) is 0. The summed E-state index contributed by atoms with van der Waals surface area (Å²) in [4.78, 5) is 29.9. The Morgan fingerprint density at radius 3 is 2.04 bits per heavy atom. The largest absolute Gasteiger partial charge is 0.503 e. The third-order valence-corrected chi connectivity index (χ3v) is 4.97. The lowest BCUT2D eigenvalue weighted by molar-refractivity contribution is -0.688. The van der Waals surface area contributed by atoms with E-state index < -0.39 is 11.2 Å². The number of rotatable bonds is 2. The van der Waals surface area contributed by atoms with E-state index in [0.717, 1.165) is 4.57 Å². The molecule has 0 radical (unpaired) electrons. The lowest BCUT2D eigenvalue weighted by Gasteiger charge is -2.12. The quantitative estimate of drug-likeness (QED) is 0.471. The molecule has 6 nitrogen and oxygen atoms in total. The molecule has 0 aromatic heterocycles. The molecule has 0 spiro atoms. The molecule has 2 heterocycles. The summed E-state index contributed by atoms with van der Waals surface area (Å²) in [7, 11) is 2.97. The molecule has 0 atom stereocenters. The highest BCUT2D eigenvalue weighted by Gasteiger charge is 2.31. The first kappa shape index (κ1) is 18.4. The topological polar surface area (TPSA) is 69.0 Å². The van der Waals surface area contributed by atoms with Gasteiger partial charge >= 0.3 is 17.1 Å². The van der Waals surface area contributed by atoms with Gasteiger partial charge in [0.2, 0.25) is 5.89 Å². The van der Waals surface area contributed by atoms with E-state index in [1.54, 1.807) is 55.6 Å². The summed E-state index contributed by atoms with van der Waals surface area (Å²) >= 11 is 12.0. The zero-order valence-electron chi connectivity index (χ0n) is 14.9. The molecule has 0 saturated heterocycles. The summed E-state index contributed by atoms with van der Waals surface area (Å²) in [6, 6.07) is 13.9. The van der Waals surface area contributed by atoms with E-state index in [1.807, 2.05) is 0 Å². The molecule has 0 amide bonds. The van der Waals surface area contributed by atoms with Gasteiger partial charge in [-0.3, -0.25) is 0 Å². The average Bonchev–Trinajstić information content (AvgIpc) is 2.71. The Labute approximate surface area is 169 Å². The molecule has 0 unspecified atom stereocenters. The lowest BCUT2D eigenvalue weighted by Crippen LogP contribution is -2.57. The van der Waals surface area contributed by atoms with Crippen LogP contribution in [0.25, 0.3) is 34.2 Å². The van der Waals surface area contributed by atoms with Crippen LogP contribution in [0.15, 0.2) is 62.5 Å². The summed E-state index contributed by atoms with van der Waals surface area (Å²) < 4.78 is 8.21. The van der Waals surface area contributed by atoms with Crippen LogP contribution in [-0.2, 0) is 14.1 Å².